The summed E-state index contributed by atoms with van der Waals surface area (Å²) in [5.41, 5.74) is 14.3. The monoisotopic (exact) mass is 648 g/mol. The van der Waals surface area contributed by atoms with Crippen molar-refractivity contribution in [2.45, 2.75) is 33.1 Å². The molecule has 5 aromatic rings. The van der Waals surface area contributed by atoms with Crippen molar-refractivity contribution in [3.63, 3.8) is 0 Å². The first-order valence-corrected chi connectivity index (χ1v) is 17.2. The van der Waals surface area contributed by atoms with Gasteiger partial charge in [0, 0.05) is 38.1 Å². The third-order valence-electron chi connectivity index (χ3n) is 10.9. The minimum Gasteiger partial charge on any atom is -0.452 e. The van der Waals surface area contributed by atoms with Crippen molar-refractivity contribution in [2.75, 3.05) is 0 Å². The Kier molecular flexibility index (Phi) is 7.13. The van der Waals surface area contributed by atoms with Crippen LogP contribution in [0.25, 0.3) is 61.8 Å². The van der Waals surface area contributed by atoms with Crippen LogP contribution < -0.4 is 0 Å². The van der Waals surface area contributed by atoms with Gasteiger partial charge in [-0.3, -0.25) is 0 Å². The Bertz CT molecular complexity index is 2580. The summed E-state index contributed by atoms with van der Waals surface area (Å²) in [5, 5.41) is 3.09. The zero-order valence-electron chi connectivity index (χ0n) is 29.2. The second-order valence-electron chi connectivity index (χ2n) is 14.2. The van der Waals surface area contributed by atoms with Gasteiger partial charge in [-0.25, -0.2) is 0 Å². The van der Waals surface area contributed by atoms with E-state index in [1.807, 2.05) is 36.5 Å². The van der Waals surface area contributed by atoms with Crippen LogP contribution in [0, 0.1) is 5.41 Å². The van der Waals surface area contributed by atoms with Crippen LogP contribution >= 0.6 is 0 Å². The molecule has 3 aliphatic rings. The molecule has 0 aliphatic heterocycles. The lowest BCUT2D eigenvalue weighted by atomic mass is 9.80. The summed E-state index contributed by atoms with van der Waals surface area (Å²) in [6, 6.07) is 17.4. The summed E-state index contributed by atoms with van der Waals surface area (Å²) in [4.78, 5) is 0. The molecule has 3 aliphatic carbocycles. The summed E-state index contributed by atoms with van der Waals surface area (Å²) in [6.07, 6.45) is 24.6. The Labute approximate surface area is 294 Å². The van der Waals surface area contributed by atoms with E-state index < -0.39 is 0 Å². The van der Waals surface area contributed by atoms with Gasteiger partial charge in [0.25, 0.3) is 0 Å². The first-order valence-electron chi connectivity index (χ1n) is 17.2. The maximum Gasteiger partial charge on any atom is 0.178 e. The zero-order chi connectivity index (χ0) is 34.9. The predicted octanol–water partition coefficient (Wildman–Crippen LogP) is 13.6. The lowest BCUT2D eigenvalue weighted by Crippen LogP contribution is -2.16. The number of hydrogen-bond acceptors (Lipinski definition) is 2. The molecular weight excluding hydrogens is 609 g/mol. The van der Waals surface area contributed by atoms with E-state index in [1.165, 1.54) is 16.7 Å². The van der Waals surface area contributed by atoms with E-state index in [9.17, 15) is 0 Å². The molecule has 0 saturated carbocycles. The van der Waals surface area contributed by atoms with Gasteiger partial charge in [0.2, 0.25) is 0 Å². The van der Waals surface area contributed by atoms with Crippen molar-refractivity contribution < 1.29 is 8.83 Å². The molecule has 244 valence electrons. The fourth-order valence-corrected chi connectivity index (χ4v) is 8.39. The van der Waals surface area contributed by atoms with Crippen LogP contribution in [0.2, 0.25) is 0 Å². The Morgan fingerprint density at radius 2 is 1.28 bits per heavy atom. The quantitative estimate of drug-likeness (QED) is 0.190. The van der Waals surface area contributed by atoms with Crippen LogP contribution in [0.5, 0.6) is 0 Å². The number of rotatable bonds is 5. The molecule has 2 nitrogen and oxygen atoms in total. The van der Waals surface area contributed by atoms with Crippen LogP contribution in [0.1, 0.15) is 50.1 Å². The van der Waals surface area contributed by atoms with Crippen molar-refractivity contribution >= 4 is 50.6 Å². The molecule has 0 radical (unpaired) electrons. The molecule has 50 heavy (non-hydrogen) atoms. The van der Waals surface area contributed by atoms with E-state index in [4.69, 9.17) is 8.83 Å². The molecule has 2 heterocycles. The van der Waals surface area contributed by atoms with Gasteiger partial charge in [0.05, 0.1) is 0 Å². The molecular formula is C48H40O2. The predicted molar refractivity (Wildman–Crippen MR) is 214 cm³/mol. The molecule has 0 spiro atoms. The molecule has 2 heteroatoms. The van der Waals surface area contributed by atoms with Crippen LogP contribution in [0.15, 0.2) is 172 Å². The molecule has 0 atom stereocenters. The summed E-state index contributed by atoms with van der Waals surface area (Å²) >= 11 is 0. The van der Waals surface area contributed by atoms with Crippen molar-refractivity contribution in [3.8, 4) is 11.1 Å². The van der Waals surface area contributed by atoms with Crippen LogP contribution in [0.3, 0.4) is 0 Å². The normalized spacial score (nSPS) is 21.7. The zero-order valence-corrected chi connectivity index (χ0v) is 29.2. The lowest BCUT2D eigenvalue weighted by molar-refractivity contribution is 0.570. The second kappa shape index (κ2) is 11.4. The topological polar surface area (TPSA) is 26.3 Å². The van der Waals surface area contributed by atoms with Gasteiger partial charge >= 0.3 is 0 Å². The van der Waals surface area contributed by atoms with Gasteiger partial charge in [-0.15, -0.1) is 0 Å². The fraction of sp³-hybridized carbons (Fsp3) is 0.125. The first kappa shape index (κ1) is 31.4. The number of para-hydroxylation sites is 1. The second-order valence-corrected chi connectivity index (χ2v) is 14.2. The van der Waals surface area contributed by atoms with E-state index in [2.05, 4.69) is 139 Å². The average Bonchev–Trinajstić information content (AvgIpc) is 3.78. The van der Waals surface area contributed by atoms with Gasteiger partial charge in [-0.05, 0) is 74.4 Å². The highest BCUT2D eigenvalue weighted by Gasteiger charge is 2.39. The summed E-state index contributed by atoms with van der Waals surface area (Å²) in [7, 11) is 0. The number of furan rings is 2. The van der Waals surface area contributed by atoms with Gasteiger partial charge in [-0.1, -0.05) is 151 Å². The average molecular weight is 649 g/mol. The number of hydrogen-bond donors (Lipinski definition) is 0. The Morgan fingerprint density at radius 1 is 0.600 bits per heavy atom. The molecule has 0 bridgehead atoms. The Morgan fingerprint density at radius 3 is 2.04 bits per heavy atom. The Hall–Kier alpha value is -5.86. The maximum absolute atomic E-state index is 6.88. The lowest BCUT2D eigenvalue weighted by Gasteiger charge is -2.23. The molecule has 2 aromatic heterocycles. The van der Waals surface area contributed by atoms with Crippen molar-refractivity contribution in [1.82, 2.24) is 0 Å². The number of fused-ring (bicyclic) bond motifs is 9. The van der Waals surface area contributed by atoms with Gasteiger partial charge in [0.15, 0.2) is 11.2 Å². The number of allylic oxidation sites excluding steroid dienone is 16. The van der Waals surface area contributed by atoms with Crippen LogP contribution in [-0.4, -0.2) is 0 Å². The van der Waals surface area contributed by atoms with E-state index in [0.717, 1.165) is 83.2 Å². The standard InChI is InChI=1S/C48H40O2/c1-9-30-33-19-16-14-13-15-17-20-35-37-25-26-38-36-22-18-21-32(29-23-24-34-31(10-2)40(12-4)47(5,6)41(34)27-29)44(36)50-46(38)45(37)49-43(35)28-42(33)48(7,8)39(30)11-3/h9-28H,1-4H2,5-8H3/b14-13?,15-13+,16-14-,17-15?,19-16?,20-17-,33-19-,35-20?,42-28+,43-28?. The van der Waals surface area contributed by atoms with Crippen molar-refractivity contribution in [3.05, 3.63) is 186 Å². The molecule has 3 aromatic carbocycles. The smallest absolute Gasteiger partial charge is 0.178 e. The van der Waals surface area contributed by atoms with Crippen molar-refractivity contribution in [1.29, 1.82) is 0 Å². The van der Waals surface area contributed by atoms with E-state index in [0.29, 0.717) is 0 Å². The van der Waals surface area contributed by atoms with E-state index in [1.54, 1.807) is 0 Å². The van der Waals surface area contributed by atoms with Crippen LogP contribution in [0.4, 0.5) is 0 Å². The summed E-state index contributed by atoms with van der Waals surface area (Å²) in [6.45, 7) is 25.5. The van der Waals surface area contributed by atoms with E-state index in [-0.39, 0.29) is 10.8 Å². The van der Waals surface area contributed by atoms with Crippen molar-refractivity contribution in [2.24, 2.45) is 5.41 Å². The van der Waals surface area contributed by atoms with Gasteiger partial charge in [0.1, 0.15) is 11.3 Å². The minimum atomic E-state index is -0.298. The molecule has 8 rings (SSSR count). The van der Waals surface area contributed by atoms with Gasteiger partial charge < -0.3 is 8.83 Å². The third-order valence-corrected chi connectivity index (χ3v) is 10.9. The summed E-state index contributed by atoms with van der Waals surface area (Å²) in [5.74, 6) is 0.787. The van der Waals surface area contributed by atoms with E-state index >= 15 is 0 Å². The highest BCUT2D eigenvalue weighted by Crippen LogP contribution is 2.53. The fourth-order valence-electron chi connectivity index (χ4n) is 8.39. The molecule has 0 fully saturated rings. The van der Waals surface area contributed by atoms with Gasteiger partial charge in [-0.2, -0.15) is 0 Å². The third kappa shape index (κ3) is 4.34. The SMILES string of the molecule is C=CC1=C(C=C)C(C)(C)\C2=C\c3oc4c(ccc5c6cccc(-c7ccc8c(c7)C(C)(C)C(C=C)=C8C=C)c6oc54)c3\C=C/C=C/C=C\C=C\12. The minimum absolute atomic E-state index is 0.185. The molecule has 0 unspecified atom stereocenters. The molecule has 0 saturated heterocycles. The highest BCUT2D eigenvalue weighted by atomic mass is 16.4. The highest BCUT2D eigenvalue weighted by molar-refractivity contribution is 6.17. The maximum atomic E-state index is 6.88. The largest absolute Gasteiger partial charge is 0.452 e. The summed E-state index contributed by atoms with van der Waals surface area (Å²) < 4.78 is 13.8. The van der Waals surface area contributed by atoms with Crippen LogP contribution in [-0.2, 0) is 5.41 Å². The molecule has 0 amide bonds. The Balaban J connectivity index is 1.35. The first-order chi connectivity index (χ1) is 24.1. The number of benzene rings is 3. The molecule has 0 N–H and O–H groups in total.